The Kier molecular flexibility index (Phi) is 5.83. The lowest BCUT2D eigenvalue weighted by atomic mass is 9.97. The maximum absolute atomic E-state index is 4.64. The molecular formula is C23H33N5. The fourth-order valence-electron chi connectivity index (χ4n) is 4.25. The molecule has 5 nitrogen and oxygen atoms in total. The van der Waals surface area contributed by atoms with Crippen molar-refractivity contribution < 1.29 is 0 Å². The highest BCUT2D eigenvalue weighted by atomic mass is 15.3. The molecule has 1 aliphatic rings. The van der Waals surface area contributed by atoms with Gasteiger partial charge in [0.25, 0.3) is 0 Å². The van der Waals surface area contributed by atoms with E-state index in [1.54, 1.807) is 0 Å². The molecule has 0 saturated carbocycles. The smallest absolute Gasteiger partial charge is 0.0568 e. The minimum Gasteiger partial charge on any atom is -0.347 e. The third-order valence-electron chi connectivity index (χ3n) is 6.03. The van der Waals surface area contributed by atoms with E-state index in [0.717, 1.165) is 25.6 Å². The first-order valence-electron chi connectivity index (χ1n) is 10.5. The number of nitrogens with zero attached hydrogens (tertiary/aromatic N) is 5. The zero-order chi connectivity index (χ0) is 19.5. The standard InChI is InChI=1S/C23H33N5/c1-25(2)10-4-11-27-14-9-21-15-20(5-6-23(21)27)22-16-24-28(18-22)17-19-7-12-26(3)13-8-19/h5-6,9,14-16,18-19H,4,7-8,10-13,17H2,1-3H3. The summed E-state index contributed by atoms with van der Waals surface area (Å²) in [5.41, 5.74) is 3.80. The highest BCUT2D eigenvalue weighted by molar-refractivity contribution is 5.85. The maximum Gasteiger partial charge on any atom is 0.0568 e. The Morgan fingerprint density at radius 3 is 2.71 bits per heavy atom. The van der Waals surface area contributed by atoms with E-state index >= 15 is 0 Å². The van der Waals surface area contributed by atoms with Gasteiger partial charge in [-0.25, -0.2) is 0 Å². The number of fused-ring (bicyclic) bond motifs is 1. The molecule has 4 rings (SSSR count). The number of likely N-dealkylation sites (tertiary alicyclic amines) is 1. The molecule has 0 N–H and O–H groups in total. The molecule has 0 bridgehead atoms. The molecule has 1 aliphatic heterocycles. The van der Waals surface area contributed by atoms with E-state index in [4.69, 9.17) is 0 Å². The molecule has 1 fully saturated rings. The van der Waals surface area contributed by atoms with Gasteiger partial charge in [0.1, 0.15) is 0 Å². The summed E-state index contributed by atoms with van der Waals surface area (Å²) < 4.78 is 4.51. The molecular weight excluding hydrogens is 346 g/mol. The van der Waals surface area contributed by atoms with Crippen LogP contribution in [0.25, 0.3) is 22.0 Å². The van der Waals surface area contributed by atoms with Crippen molar-refractivity contribution in [2.75, 3.05) is 40.8 Å². The van der Waals surface area contributed by atoms with Gasteiger partial charge in [-0.1, -0.05) is 6.07 Å². The van der Waals surface area contributed by atoms with Crippen LogP contribution < -0.4 is 0 Å². The van der Waals surface area contributed by atoms with Crippen molar-refractivity contribution in [2.45, 2.75) is 32.4 Å². The Labute approximate surface area is 168 Å². The van der Waals surface area contributed by atoms with Crippen molar-refractivity contribution in [3.63, 3.8) is 0 Å². The maximum atomic E-state index is 4.64. The Bertz CT molecular complexity index is 899. The van der Waals surface area contributed by atoms with E-state index in [9.17, 15) is 0 Å². The van der Waals surface area contributed by atoms with Gasteiger partial charge >= 0.3 is 0 Å². The van der Waals surface area contributed by atoms with Gasteiger partial charge in [0.2, 0.25) is 0 Å². The summed E-state index contributed by atoms with van der Waals surface area (Å²) in [5.74, 6) is 0.752. The van der Waals surface area contributed by atoms with Crippen LogP contribution in [-0.2, 0) is 13.1 Å². The SMILES string of the molecule is CN(C)CCCn1ccc2cc(-c3cnn(CC4CCN(C)CC4)c3)ccc21. The Balaban J connectivity index is 1.44. The summed E-state index contributed by atoms with van der Waals surface area (Å²) in [6, 6.07) is 9.03. The third kappa shape index (κ3) is 4.47. The van der Waals surface area contributed by atoms with Crippen molar-refractivity contribution in [3.05, 3.63) is 42.9 Å². The van der Waals surface area contributed by atoms with Gasteiger partial charge in [-0.2, -0.15) is 5.10 Å². The summed E-state index contributed by atoms with van der Waals surface area (Å²) >= 11 is 0. The second kappa shape index (κ2) is 8.50. The van der Waals surface area contributed by atoms with E-state index in [-0.39, 0.29) is 0 Å². The van der Waals surface area contributed by atoms with E-state index in [1.165, 1.54) is 54.4 Å². The molecule has 0 aliphatic carbocycles. The minimum absolute atomic E-state index is 0.752. The minimum atomic E-state index is 0.752. The Morgan fingerprint density at radius 1 is 1.11 bits per heavy atom. The normalized spacial score (nSPS) is 16.4. The van der Waals surface area contributed by atoms with Crippen molar-refractivity contribution in [3.8, 4) is 11.1 Å². The summed E-state index contributed by atoms with van der Waals surface area (Å²) in [6.07, 6.45) is 10.2. The van der Waals surface area contributed by atoms with Crippen LogP contribution in [0.15, 0.2) is 42.9 Å². The largest absolute Gasteiger partial charge is 0.347 e. The van der Waals surface area contributed by atoms with E-state index in [2.05, 4.69) is 81.9 Å². The van der Waals surface area contributed by atoms with Crippen LogP contribution in [0.4, 0.5) is 0 Å². The second-order valence-electron chi connectivity index (χ2n) is 8.64. The van der Waals surface area contributed by atoms with Gasteiger partial charge in [-0.15, -0.1) is 0 Å². The lowest BCUT2D eigenvalue weighted by molar-refractivity contribution is 0.201. The number of aryl methyl sites for hydroxylation is 1. The van der Waals surface area contributed by atoms with E-state index in [1.807, 2.05) is 6.20 Å². The zero-order valence-corrected chi connectivity index (χ0v) is 17.5. The monoisotopic (exact) mass is 379 g/mol. The van der Waals surface area contributed by atoms with Crippen molar-refractivity contribution in [2.24, 2.45) is 5.92 Å². The zero-order valence-electron chi connectivity index (χ0n) is 17.5. The van der Waals surface area contributed by atoms with Gasteiger partial charge < -0.3 is 14.4 Å². The second-order valence-corrected chi connectivity index (χ2v) is 8.64. The van der Waals surface area contributed by atoms with Crippen molar-refractivity contribution in [1.29, 1.82) is 0 Å². The molecule has 150 valence electrons. The fourth-order valence-corrected chi connectivity index (χ4v) is 4.25. The Morgan fingerprint density at radius 2 is 1.93 bits per heavy atom. The van der Waals surface area contributed by atoms with Gasteiger partial charge in [0.15, 0.2) is 0 Å². The van der Waals surface area contributed by atoms with Gasteiger partial charge in [0.05, 0.1) is 6.20 Å². The average Bonchev–Trinajstić information content (AvgIpc) is 3.30. The van der Waals surface area contributed by atoms with Crippen molar-refractivity contribution >= 4 is 10.9 Å². The summed E-state index contributed by atoms with van der Waals surface area (Å²) in [4.78, 5) is 4.67. The molecule has 3 heterocycles. The van der Waals surface area contributed by atoms with Crippen LogP contribution in [-0.4, -0.2) is 64.9 Å². The molecule has 3 aromatic rings. The first-order valence-corrected chi connectivity index (χ1v) is 10.5. The number of hydrogen-bond donors (Lipinski definition) is 0. The van der Waals surface area contributed by atoms with Gasteiger partial charge in [0, 0.05) is 41.9 Å². The quantitative estimate of drug-likeness (QED) is 0.625. The number of benzene rings is 1. The average molecular weight is 380 g/mol. The summed E-state index contributed by atoms with van der Waals surface area (Å²) in [5, 5.41) is 5.95. The fraction of sp³-hybridized carbons (Fsp3) is 0.522. The molecule has 1 saturated heterocycles. The molecule has 0 amide bonds. The molecule has 0 spiro atoms. The predicted octanol–water partition coefficient (Wildman–Crippen LogP) is 3.80. The summed E-state index contributed by atoms with van der Waals surface area (Å²) in [6.45, 7) is 5.64. The molecule has 1 aromatic carbocycles. The highest BCUT2D eigenvalue weighted by Crippen LogP contribution is 2.26. The van der Waals surface area contributed by atoms with Gasteiger partial charge in [-0.3, -0.25) is 4.68 Å². The number of aromatic nitrogens is 3. The van der Waals surface area contributed by atoms with E-state index < -0.39 is 0 Å². The van der Waals surface area contributed by atoms with Crippen molar-refractivity contribution in [1.82, 2.24) is 24.1 Å². The van der Waals surface area contributed by atoms with Gasteiger partial charge in [-0.05, 0) is 89.7 Å². The first-order chi connectivity index (χ1) is 13.6. The molecule has 5 heteroatoms. The van der Waals surface area contributed by atoms with Crippen LogP contribution in [0.5, 0.6) is 0 Å². The molecule has 28 heavy (non-hydrogen) atoms. The number of hydrogen-bond acceptors (Lipinski definition) is 3. The topological polar surface area (TPSA) is 29.2 Å². The predicted molar refractivity (Wildman–Crippen MR) is 117 cm³/mol. The number of rotatable bonds is 7. The summed E-state index contributed by atoms with van der Waals surface area (Å²) in [7, 11) is 6.48. The van der Waals surface area contributed by atoms with Crippen LogP contribution in [0, 0.1) is 5.92 Å². The highest BCUT2D eigenvalue weighted by Gasteiger charge is 2.17. The molecule has 0 unspecified atom stereocenters. The molecule has 0 radical (unpaired) electrons. The van der Waals surface area contributed by atoms with E-state index in [0.29, 0.717) is 0 Å². The Hall–Kier alpha value is -2.11. The molecule has 2 aromatic heterocycles. The first kappa shape index (κ1) is 19.2. The lowest BCUT2D eigenvalue weighted by Gasteiger charge is -2.28. The van der Waals surface area contributed by atoms with Crippen LogP contribution in [0.3, 0.4) is 0 Å². The van der Waals surface area contributed by atoms with Crippen LogP contribution in [0.1, 0.15) is 19.3 Å². The van der Waals surface area contributed by atoms with Crippen LogP contribution >= 0.6 is 0 Å². The number of piperidine rings is 1. The third-order valence-corrected chi connectivity index (χ3v) is 6.03. The molecule has 0 atom stereocenters. The van der Waals surface area contributed by atoms with Crippen LogP contribution in [0.2, 0.25) is 0 Å². The lowest BCUT2D eigenvalue weighted by Crippen LogP contribution is -2.31.